The van der Waals surface area contributed by atoms with Crippen molar-refractivity contribution in [2.45, 2.75) is 23.8 Å². The zero-order valence-electron chi connectivity index (χ0n) is 12.6. The molecule has 1 atom stereocenters. The summed E-state index contributed by atoms with van der Waals surface area (Å²) in [4.78, 5) is 1.85. The fourth-order valence-electron chi connectivity index (χ4n) is 2.87. The average Bonchev–Trinajstić information content (AvgIpc) is 3.21. The van der Waals surface area contributed by atoms with Gasteiger partial charge in [0.15, 0.2) is 0 Å². The van der Waals surface area contributed by atoms with Gasteiger partial charge < -0.3 is 4.42 Å². The first-order chi connectivity index (χ1) is 11.1. The molecule has 2 aromatic rings. The van der Waals surface area contributed by atoms with E-state index in [-0.39, 0.29) is 17.5 Å². The Kier molecular flexibility index (Phi) is 4.79. The molecule has 3 rings (SSSR count). The Balaban J connectivity index is 1.77. The normalized spacial score (nSPS) is 17.4. The van der Waals surface area contributed by atoms with Gasteiger partial charge in [-0.25, -0.2) is 17.5 Å². The van der Waals surface area contributed by atoms with Crippen LogP contribution >= 0.6 is 0 Å². The standard InChI is InChI=1S/C16H19FN2O3S/c17-13-6-1-2-8-16(13)23(20,21)18-12-14(15-7-5-11-22-15)19-9-3-4-10-19/h1-2,5-8,11,14,18H,3-4,9-10,12H2/t14-/m1/s1. The third-order valence-corrected chi connectivity index (χ3v) is 5.50. The van der Waals surface area contributed by atoms with Gasteiger partial charge in [0.25, 0.3) is 0 Å². The summed E-state index contributed by atoms with van der Waals surface area (Å²) in [6, 6.07) is 8.79. The van der Waals surface area contributed by atoms with Gasteiger partial charge >= 0.3 is 0 Å². The molecular formula is C16H19FN2O3S. The average molecular weight is 338 g/mol. The van der Waals surface area contributed by atoms with E-state index < -0.39 is 15.8 Å². The second-order valence-electron chi connectivity index (χ2n) is 5.56. The lowest BCUT2D eigenvalue weighted by Crippen LogP contribution is -2.36. The van der Waals surface area contributed by atoms with Crippen LogP contribution in [0.5, 0.6) is 0 Å². The first kappa shape index (κ1) is 16.2. The van der Waals surface area contributed by atoms with Crippen molar-refractivity contribution in [3.63, 3.8) is 0 Å². The lowest BCUT2D eigenvalue weighted by Gasteiger charge is -2.26. The van der Waals surface area contributed by atoms with Crippen molar-refractivity contribution >= 4 is 10.0 Å². The Hall–Kier alpha value is -1.70. The Morgan fingerprint density at radius 3 is 2.57 bits per heavy atom. The van der Waals surface area contributed by atoms with E-state index in [0.717, 1.165) is 32.0 Å². The van der Waals surface area contributed by atoms with Gasteiger partial charge in [-0.05, 0) is 50.2 Å². The lowest BCUT2D eigenvalue weighted by atomic mass is 10.2. The number of benzene rings is 1. The maximum Gasteiger partial charge on any atom is 0.243 e. The van der Waals surface area contributed by atoms with Crippen LogP contribution in [0.3, 0.4) is 0 Å². The van der Waals surface area contributed by atoms with E-state index in [1.165, 1.54) is 18.2 Å². The molecule has 0 spiro atoms. The van der Waals surface area contributed by atoms with Crippen molar-refractivity contribution in [1.82, 2.24) is 9.62 Å². The van der Waals surface area contributed by atoms with Crippen LogP contribution in [-0.4, -0.2) is 33.0 Å². The molecule has 1 N–H and O–H groups in total. The minimum Gasteiger partial charge on any atom is -0.468 e. The van der Waals surface area contributed by atoms with Gasteiger partial charge in [-0.15, -0.1) is 0 Å². The molecule has 1 aromatic heterocycles. The third kappa shape index (κ3) is 3.63. The highest BCUT2D eigenvalue weighted by Crippen LogP contribution is 2.25. The minimum absolute atomic E-state index is 0.143. The van der Waals surface area contributed by atoms with Crippen LogP contribution in [0.1, 0.15) is 24.6 Å². The summed E-state index contributed by atoms with van der Waals surface area (Å²) in [5, 5.41) is 0. The molecule has 0 radical (unpaired) electrons. The molecule has 0 bridgehead atoms. The topological polar surface area (TPSA) is 62.6 Å². The fraction of sp³-hybridized carbons (Fsp3) is 0.375. The number of nitrogens with one attached hydrogen (secondary N) is 1. The molecular weight excluding hydrogens is 319 g/mol. The van der Waals surface area contributed by atoms with E-state index in [4.69, 9.17) is 4.42 Å². The molecule has 0 aliphatic carbocycles. The maximum atomic E-state index is 13.7. The molecule has 1 saturated heterocycles. The summed E-state index contributed by atoms with van der Waals surface area (Å²) in [5.41, 5.74) is 0. The van der Waals surface area contributed by atoms with Gasteiger partial charge in [-0.1, -0.05) is 12.1 Å². The monoisotopic (exact) mass is 338 g/mol. The predicted molar refractivity (Wildman–Crippen MR) is 83.8 cm³/mol. The van der Waals surface area contributed by atoms with E-state index >= 15 is 0 Å². The number of nitrogens with zero attached hydrogens (tertiary/aromatic N) is 1. The fourth-order valence-corrected chi connectivity index (χ4v) is 3.99. The molecule has 1 aromatic carbocycles. The lowest BCUT2D eigenvalue weighted by molar-refractivity contribution is 0.216. The molecule has 1 aliphatic heterocycles. The van der Waals surface area contributed by atoms with E-state index in [9.17, 15) is 12.8 Å². The summed E-state index contributed by atoms with van der Waals surface area (Å²) in [5.74, 6) is -0.0427. The van der Waals surface area contributed by atoms with Gasteiger partial charge in [-0.2, -0.15) is 0 Å². The number of likely N-dealkylation sites (tertiary alicyclic amines) is 1. The second kappa shape index (κ2) is 6.82. The molecule has 23 heavy (non-hydrogen) atoms. The zero-order chi connectivity index (χ0) is 16.3. The molecule has 1 aliphatic rings. The maximum absolute atomic E-state index is 13.7. The molecule has 2 heterocycles. The molecule has 0 unspecified atom stereocenters. The molecule has 0 saturated carbocycles. The van der Waals surface area contributed by atoms with Gasteiger partial charge in [0, 0.05) is 6.54 Å². The molecule has 5 nitrogen and oxygen atoms in total. The summed E-state index contributed by atoms with van der Waals surface area (Å²) >= 11 is 0. The first-order valence-electron chi connectivity index (χ1n) is 7.59. The van der Waals surface area contributed by atoms with E-state index in [0.29, 0.717) is 5.76 Å². The van der Waals surface area contributed by atoms with Crippen molar-refractivity contribution < 1.29 is 17.2 Å². The highest BCUT2D eigenvalue weighted by molar-refractivity contribution is 7.89. The highest BCUT2D eigenvalue weighted by Gasteiger charge is 2.28. The van der Waals surface area contributed by atoms with E-state index in [2.05, 4.69) is 9.62 Å². The van der Waals surface area contributed by atoms with Crippen LogP contribution in [-0.2, 0) is 10.0 Å². The highest BCUT2D eigenvalue weighted by atomic mass is 32.2. The van der Waals surface area contributed by atoms with Crippen LogP contribution in [0.25, 0.3) is 0 Å². The van der Waals surface area contributed by atoms with Crippen LogP contribution < -0.4 is 4.72 Å². The third-order valence-electron chi connectivity index (χ3n) is 4.05. The van der Waals surface area contributed by atoms with Crippen molar-refractivity contribution in [1.29, 1.82) is 0 Å². The molecule has 7 heteroatoms. The van der Waals surface area contributed by atoms with Gasteiger partial charge in [0.1, 0.15) is 16.5 Å². The smallest absolute Gasteiger partial charge is 0.243 e. The number of furan rings is 1. The summed E-state index contributed by atoms with van der Waals surface area (Å²) in [6.07, 6.45) is 3.73. The number of halogens is 1. The van der Waals surface area contributed by atoms with Gasteiger partial charge in [0.2, 0.25) is 10.0 Å². The van der Waals surface area contributed by atoms with Crippen LogP contribution in [0.4, 0.5) is 4.39 Å². The quantitative estimate of drug-likeness (QED) is 0.879. The summed E-state index contributed by atoms with van der Waals surface area (Å²) in [7, 11) is -3.90. The molecule has 1 fully saturated rings. The van der Waals surface area contributed by atoms with Crippen molar-refractivity contribution in [3.8, 4) is 0 Å². The molecule has 0 amide bonds. The number of hydrogen-bond donors (Lipinski definition) is 1. The Bertz CT molecular complexity index is 740. The van der Waals surface area contributed by atoms with Gasteiger partial charge in [0.05, 0.1) is 12.3 Å². The largest absolute Gasteiger partial charge is 0.468 e. The first-order valence-corrected chi connectivity index (χ1v) is 9.08. The summed E-state index contributed by atoms with van der Waals surface area (Å²) < 4.78 is 46.4. The number of sulfonamides is 1. The van der Waals surface area contributed by atoms with Crippen molar-refractivity contribution in [2.24, 2.45) is 0 Å². The number of hydrogen-bond acceptors (Lipinski definition) is 4. The Labute approximate surface area is 135 Å². The number of rotatable bonds is 6. The van der Waals surface area contributed by atoms with Crippen molar-refractivity contribution in [2.75, 3.05) is 19.6 Å². The van der Waals surface area contributed by atoms with Crippen LogP contribution in [0.2, 0.25) is 0 Å². The van der Waals surface area contributed by atoms with E-state index in [1.54, 1.807) is 12.3 Å². The van der Waals surface area contributed by atoms with E-state index in [1.807, 2.05) is 6.07 Å². The van der Waals surface area contributed by atoms with Crippen molar-refractivity contribution in [3.05, 3.63) is 54.2 Å². The molecule has 124 valence electrons. The SMILES string of the molecule is O=S(=O)(NC[C@H](c1ccco1)N1CCCC1)c1ccccc1F. The Morgan fingerprint density at radius 1 is 1.17 bits per heavy atom. The Morgan fingerprint density at radius 2 is 1.91 bits per heavy atom. The second-order valence-corrected chi connectivity index (χ2v) is 7.29. The van der Waals surface area contributed by atoms with Crippen LogP contribution in [0, 0.1) is 5.82 Å². The van der Waals surface area contributed by atoms with Gasteiger partial charge in [-0.3, -0.25) is 4.90 Å². The minimum atomic E-state index is -3.90. The van der Waals surface area contributed by atoms with Crippen LogP contribution in [0.15, 0.2) is 52.0 Å². The zero-order valence-corrected chi connectivity index (χ0v) is 13.4. The summed E-state index contributed by atoms with van der Waals surface area (Å²) in [6.45, 7) is 1.93. The predicted octanol–water partition coefficient (Wildman–Crippen LogP) is 2.53.